The van der Waals surface area contributed by atoms with Gasteiger partial charge in [0.25, 0.3) is 0 Å². The first-order chi connectivity index (χ1) is 10.6. The Morgan fingerprint density at radius 1 is 1.18 bits per heavy atom. The number of nitrogens with zero attached hydrogens (tertiary/aromatic N) is 5. The first kappa shape index (κ1) is 14.9. The molecule has 2 aromatic heterocycles. The Balaban J connectivity index is 1.87. The molecular weight excluding hydrogens is 340 g/mol. The molecule has 4 N–H and O–H groups in total. The van der Waals surface area contributed by atoms with Crippen LogP contribution in [0.1, 0.15) is 0 Å². The van der Waals surface area contributed by atoms with Gasteiger partial charge in [0.1, 0.15) is 6.33 Å². The SMILES string of the molecule is Nc1nc(Nc2cc(S)ccc2S)nc(Sc2ncn[nH]2)n1. The molecule has 3 aromatic rings. The molecule has 0 spiro atoms. The molecule has 0 saturated carbocycles. The minimum Gasteiger partial charge on any atom is -0.368 e. The fourth-order valence-corrected chi connectivity index (χ4v) is 2.59. The van der Waals surface area contributed by atoms with Crippen molar-refractivity contribution in [1.29, 1.82) is 0 Å². The Morgan fingerprint density at radius 2 is 2.05 bits per heavy atom. The van der Waals surface area contributed by atoms with Gasteiger partial charge in [-0.15, -0.1) is 25.3 Å². The minimum atomic E-state index is 0.0993. The second-order valence-electron chi connectivity index (χ2n) is 4.02. The van der Waals surface area contributed by atoms with Gasteiger partial charge in [-0.1, -0.05) is 0 Å². The average molecular weight is 350 g/mol. The lowest BCUT2D eigenvalue weighted by atomic mass is 10.3. The maximum Gasteiger partial charge on any atom is 0.233 e. The van der Waals surface area contributed by atoms with Gasteiger partial charge in [-0.3, -0.25) is 5.10 Å². The standard InChI is InChI=1S/C11H10N8S3/c12-8-16-9(15-6-3-5(20)1-2-7(6)21)18-11(17-8)22-10-13-4-14-19-10/h1-4,20-21H,(H,13,14,19)(H3,12,15,16,17,18). The largest absolute Gasteiger partial charge is 0.368 e. The van der Waals surface area contributed by atoms with Crippen LogP contribution < -0.4 is 11.1 Å². The predicted molar refractivity (Wildman–Crippen MR) is 89.0 cm³/mol. The zero-order chi connectivity index (χ0) is 15.5. The molecule has 0 aliphatic carbocycles. The van der Waals surface area contributed by atoms with Crippen molar-refractivity contribution in [2.24, 2.45) is 0 Å². The summed E-state index contributed by atoms with van der Waals surface area (Å²) in [5.74, 6) is 0.408. The van der Waals surface area contributed by atoms with Crippen LogP contribution in [0.2, 0.25) is 0 Å². The maximum atomic E-state index is 5.71. The van der Waals surface area contributed by atoms with Crippen molar-refractivity contribution in [1.82, 2.24) is 30.1 Å². The van der Waals surface area contributed by atoms with Crippen molar-refractivity contribution in [3.05, 3.63) is 24.5 Å². The third-order valence-corrected chi connectivity index (χ3v) is 3.86. The minimum absolute atomic E-state index is 0.0993. The number of H-pyrrole nitrogens is 1. The summed E-state index contributed by atoms with van der Waals surface area (Å²) in [5, 5.41) is 10.5. The third kappa shape index (κ3) is 3.61. The number of aromatic nitrogens is 6. The molecule has 1 aromatic carbocycles. The zero-order valence-electron chi connectivity index (χ0n) is 10.9. The van der Waals surface area contributed by atoms with Gasteiger partial charge in [0, 0.05) is 9.79 Å². The van der Waals surface area contributed by atoms with Crippen LogP contribution in [-0.4, -0.2) is 30.1 Å². The second-order valence-corrected chi connectivity index (χ2v) is 5.97. The lowest BCUT2D eigenvalue weighted by Crippen LogP contribution is -2.05. The van der Waals surface area contributed by atoms with E-state index in [0.29, 0.717) is 16.3 Å². The second kappa shape index (κ2) is 6.42. The highest BCUT2D eigenvalue weighted by Gasteiger charge is 2.09. The van der Waals surface area contributed by atoms with E-state index in [1.165, 1.54) is 18.1 Å². The number of nitrogens with two attached hydrogens (primary N) is 1. The summed E-state index contributed by atoms with van der Waals surface area (Å²) < 4.78 is 0. The molecule has 0 radical (unpaired) electrons. The zero-order valence-corrected chi connectivity index (χ0v) is 13.5. The average Bonchev–Trinajstić information content (AvgIpc) is 2.95. The van der Waals surface area contributed by atoms with Gasteiger partial charge in [0.05, 0.1) is 5.69 Å². The molecule has 8 nitrogen and oxygen atoms in total. The molecular formula is C11H10N8S3. The first-order valence-corrected chi connectivity index (χ1v) is 7.65. The van der Waals surface area contributed by atoms with Crippen LogP contribution in [0.5, 0.6) is 0 Å². The monoisotopic (exact) mass is 350 g/mol. The molecule has 0 atom stereocenters. The van der Waals surface area contributed by atoms with Crippen LogP contribution in [0.15, 0.2) is 44.6 Å². The molecule has 22 heavy (non-hydrogen) atoms. The molecule has 0 saturated heterocycles. The first-order valence-electron chi connectivity index (χ1n) is 5.94. The number of nitrogen functional groups attached to an aromatic ring is 1. The Morgan fingerprint density at radius 3 is 2.82 bits per heavy atom. The van der Waals surface area contributed by atoms with E-state index in [2.05, 4.69) is 60.7 Å². The number of hydrogen-bond donors (Lipinski definition) is 5. The van der Waals surface area contributed by atoms with Gasteiger partial charge < -0.3 is 11.1 Å². The number of hydrogen-bond acceptors (Lipinski definition) is 10. The van der Waals surface area contributed by atoms with Crippen molar-refractivity contribution in [2.75, 3.05) is 11.1 Å². The summed E-state index contributed by atoms with van der Waals surface area (Å²) in [6, 6.07) is 5.47. The Kier molecular flexibility index (Phi) is 4.36. The van der Waals surface area contributed by atoms with Crippen LogP contribution in [0, 0.1) is 0 Å². The number of anilines is 3. The highest BCUT2D eigenvalue weighted by Crippen LogP contribution is 2.27. The van der Waals surface area contributed by atoms with Gasteiger partial charge in [-0.2, -0.15) is 20.1 Å². The predicted octanol–water partition coefficient (Wildman–Crippen LogP) is 2.04. The maximum absolute atomic E-state index is 5.71. The Hall–Kier alpha value is -1.98. The number of aromatic amines is 1. The van der Waals surface area contributed by atoms with Crippen LogP contribution in [0.3, 0.4) is 0 Å². The fraction of sp³-hybridized carbons (Fsp3) is 0. The number of nitrogens with one attached hydrogen (secondary N) is 2. The quantitative estimate of drug-likeness (QED) is 0.454. The Bertz CT molecular complexity index is 792. The van der Waals surface area contributed by atoms with Gasteiger partial charge in [0.2, 0.25) is 17.1 Å². The number of benzene rings is 1. The number of rotatable bonds is 4. The summed E-state index contributed by atoms with van der Waals surface area (Å²) in [6.07, 6.45) is 1.40. The topological polar surface area (TPSA) is 118 Å². The van der Waals surface area contributed by atoms with E-state index in [-0.39, 0.29) is 5.95 Å². The number of thiol groups is 2. The molecule has 0 aliphatic heterocycles. The molecule has 0 aliphatic rings. The van der Waals surface area contributed by atoms with Crippen molar-refractivity contribution in [2.45, 2.75) is 20.1 Å². The molecule has 0 bridgehead atoms. The molecule has 0 unspecified atom stereocenters. The van der Waals surface area contributed by atoms with Crippen LogP contribution in [0.25, 0.3) is 0 Å². The van der Waals surface area contributed by atoms with E-state index in [1.807, 2.05) is 18.2 Å². The molecule has 3 rings (SSSR count). The molecule has 11 heteroatoms. The van der Waals surface area contributed by atoms with Gasteiger partial charge in [0.15, 0.2) is 5.16 Å². The highest BCUT2D eigenvalue weighted by atomic mass is 32.2. The highest BCUT2D eigenvalue weighted by molar-refractivity contribution is 7.99. The smallest absolute Gasteiger partial charge is 0.233 e. The summed E-state index contributed by atoms with van der Waals surface area (Å²) in [7, 11) is 0. The fourth-order valence-electron chi connectivity index (χ4n) is 1.55. The third-order valence-electron chi connectivity index (χ3n) is 2.44. The van der Waals surface area contributed by atoms with Crippen LogP contribution in [-0.2, 0) is 0 Å². The lowest BCUT2D eigenvalue weighted by molar-refractivity contribution is 0.907. The van der Waals surface area contributed by atoms with E-state index in [4.69, 9.17) is 5.73 Å². The van der Waals surface area contributed by atoms with Crippen molar-refractivity contribution in [3.63, 3.8) is 0 Å². The van der Waals surface area contributed by atoms with Gasteiger partial charge in [-0.05, 0) is 30.0 Å². The van der Waals surface area contributed by atoms with Gasteiger partial charge in [-0.25, -0.2) is 4.98 Å². The van der Waals surface area contributed by atoms with E-state index in [1.54, 1.807) is 0 Å². The molecule has 0 fully saturated rings. The van der Waals surface area contributed by atoms with E-state index >= 15 is 0 Å². The summed E-state index contributed by atoms with van der Waals surface area (Å²) in [4.78, 5) is 17.9. The van der Waals surface area contributed by atoms with Crippen LogP contribution >= 0.6 is 37.0 Å². The van der Waals surface area contributed by atoms with E-state index in [0.717, 1.165) is 15.5 Å². The van der Waals surface area contributed by atoms with Crippen molar-refractivity contribution >= 4 is 54.6 Å². The lowest BCUT2D eigenvalue weighted by Gasteiger charge is -2.09. The van der Waals surface area contributed by atoms with Crippen molar-refractivity contribution in [3.8, 4) is 0 Å². The van der Waals surface area contributed by atoms with E-state index in [9.17, 15) is 0 Å². The summed E-state index contributed by atoms with van der Waals surface area (Å²) in [5.41, 5.74) is 6.43. The van der Waals surface area contributed by atoms with E-state index < -0.39 is 0 Å². The normalized spacial score (nSPS) is 10.6. The van der Waals surface area contributed by atoms with Gasteiger partial charge >= 0.3 is 0 Å². The molecule has 0 amide bonds. The molecule has 112 valence electrons. The molecule has 2 heterocycles. The summed E-state index contributed by atoms with van der Waals surface area (Å²) in [6.45, 7) is 0. The summed E-state index contributed by atoms with van der Waals surface area (Å²) >= 11 is 9.86. The van der Waals surface area contributed by atoms with Crippen molar-refractivity contribution < 1.29 is 0 Å². The van der Waals surface area contributed by atoms with Crippen LogP contribution in [0.4, 0.5) is 17.6 Å². The Labute approximate surface area is 140 Å².